The van der Waals surface area contributed by atoms with Gasteiger partial charge in [0.1, 0.15) is 5.76 Å². The Balaban J connectivity index is 2.88. The first-order valence-corrected chi connectivity index (χ1v) is 3.32. The lowest BCUT2D eigenvalue weighted by atomic mass is 10.2. The van der Waals surface area contributed by atoms with Crippen LogP contribution in [0.3, 0.4) is 0 Å². The van der Waals surface area contributed by atoms with Crippen molar-refractivity contribution in [2.75, 3.05) is 0 Å². The lowest BCUT2D eigenvalue weighted by Gasteiger charge is -1.94. The summed E-state index contributed by atoms with van der Waals surface area (Å²) in [7, 11) is 0. The van der Waals surface area contributed by atoms with E-state index in [1.807, 2.05) is 13.8 Å². The normalized spacial score (nSPS) is 10.3. The van der Waals surface area contributed by atoms with Gasteiger partial charge in [-0.1, -0.05) is 20.4 Å². The van der Waals surface area contributed by atoms with Crippen molar-refractivity contribution in [2.45, 2.75) is 19.8 Å². The molecule has 0 saturated heterocycles. The molecule has 0 aliphatic heterocycles. The summed E-state index contributed by atoms with van der Waals surface area (Å²) in [6.45, 7) is 7.65. The minimum absolute atomic E-state index is 0.355. The average Bonchev–Trinajstić information content (AvgIpc) is 2.34. The van der Waals surface area contributed by atoms with Crippen molar-refractivity contribution in [1.29, 1.82) is 0 Å². The van der Waals surface area contributed by atoms with Crippen molar-refractivity contribution in [3.63, 3.8) is 0 Å². The van der Waals surface area contributed by atoms with Crippen LogP contribution in [0.5, 0.6) is 0 Å². The zero-order valence-electron chi connectivity index (χ0n) is 6.29. The van der Waals surface area contributed by atoms with Gasteiger partial charge in [-0.15, -0.1) is 0 Å². The third-order valence-corrected chi connectivity index (χ3v) is 1.24. The molecule has 0 aliphatic carbocycles. The maximum absolute atomic E-state index is 5.27. The van der Waals surface area contributed by atoms with Gasteiger partial charge in [0, 0.05) is 5.92 Å². The Kier molecular flexibility index (Phi) is 1.90. The Labute approximate surface area is 60.6 Å². The highest BCUT2D eigenvalue weighted by molar-refractivity contribution is 5.37. The van der Waals surface area contributed by atoms with Gasteiger partial charge in [-0.25, -0.2) is 4.98 Å². The van der Waals surface area contributed by atoms with E-state index in [-0.39, 0.29) is 0 Å². The molecule has 0 aromatic carbocycles. The fourth-order valence-corrected chi connectivity index (χ4v) is 0.662. The summed E-state index contributed by atoms with van der Waals surface area (Å²) < 4.78 is 5.27. The molecule has 0 atom stereocenters. The van der Waals surface area contributed by atoms with Gasteiger partial charge in [-0.2, -0.15) is 0 Å². The van der Waals surface area contributed by atoms with E-state index in [2.05, 4.69) is 11.6 Å². The summed E-state index contributed by atoms with van der Waals surface area (Å²) in [4.78, 5) is 4.05. The van der Waals surface area contributed by atoms with Crippen LogP contribution in [-0.4, -0.2) is 4.98 Å². The highest BCUT2D eigenvalue weighted by atomic mass is 16.4. The molecular weight excluding hydrogens is 126 g/mol. The Bertz CT molecular complexity index is 225. The summed E-state index contributed by atoms with van der Waals surface area (Å²) in [5, 5.41) is 0. The van der Waals surface area contributed by atoms with Crippen LogP contribution in [0, 0.1) is 0 Å². The molecule has 2 heteroatoms. The third-order valence-electron chi connectivity index (χ3n) is 1.24. The molecule has 0 radical (unpaired) electrons. The molecule has 0 unspecified atom stereocenters. The fourth-order valence-electron chi connectivity index (χ4n) is 0.662. The van der Waals surface area contributed by atoms with Crippen LogP contribution in [0.25, 0.3) is 6.08 Å². The van der Waals surface area contributed by atoms with E-state index in [1.54, 1.807) is 12.3 Å². The van der Waals surface area contributed by atoms with E-state index in [0.29, 0.717) is 5.92 Å². The third kappa shape index (κ3) is 1.26. The molecule has 0 amide bonds. The summed E-state index contributed by atoms with van der Waals surface area (Å²) in [6.07, 6.45) is 3.33. The number of nitrogens with zero attached hydrogens (tertiary/aromatic N) is 1. The maximum atomic E-state index is 5.27. The predicted molar refractivity (Wildman–Crippen MR) is 40.7 cm³/mol. The number of hydrogen-bond acceptors (Lipinski definition) is 2. The molecule has 2 nitrogen and oxygen atoms in total. The lowest BCUT2D eigenvalue weighted by Crippen LogP contribution is -1.84. The number of rotatable bonds is 2. The van der Waals surface area contributed by atoms with Gasteiger partial charge < -0.3 is 4.42 Å². The molecule has 0 spiro atoms. The fraction of sp³-hybridized carbons (Fsp3) is 0.375. The summed E-state index contributed by atoms with van der Waals surface area (Å²) in [5.74, 6) is 1.87. The minimum Gasteiger partial charge on any atom is -0.441 e. The smallest absolute Gasteiger partial charge is 0.197 e. The second kappa shape index (κ2) is 2.69. The molecule has 10 heavy (non-hydrogen) atoms. The zero-order chi connectivity index (χ0) is 7.56. The van der Waals surface area contributed by atoms with E-state index in [1.165, 1.54) is 0 Å². The number of hydrogen-bond donors (Lipinski definition) is 0. The monoisotopic (exact) mass is 137 g/mol. The van der Waals surface area contributed by atoms with Gasteiger partial charge in [0.25, 0.3) is 0 Å². The van der Waals surface area contributed by atoms with Gasteiger partial charge in [-0.05, 0) is 6.08 Å². The molecule has 54 valence electrons. The molecule has 0 bridgehead atoms. The molecule has 1 heterocycles. The SMILES string of the molecule is C=Cc1cnc(C(C)C)o1. The van der Waals surface area contributed by atoms with E-state index >= 15 is 0 Å². The minimum atomic E-state index is 0.355. The van der Waals surface area contributed by atoms with Gasteiger partial charge in [0.15, 0.2) is 5.89 Å². The van der Waals surface area contributed by atoms with E-state index in [4.69, 9.17) is 4.42 Å². The Morgan fingerprint density at radius 1 is 1.70 bits per heavy atom. The van der Waals surface area contributed by atoms with Gasteiger partial charge in [0.05, 0.1) is 6.20 Å². The number of aromatic nitrogens is 1. The van der Waals surface area contributed by atoms with Crippen LogP contribution < -0.4 is 0 Å². The van der Waals surface area contributed by atoms with Gasteiger partial charge in [-0.3, -0.25) is 0 Å². The van der Waals surface area contributed by atoms with Crippen molar-refractivity contribution in [3.05, 3.63) is 24.4 Å². The molecule has 1 aromatic rings. The topological polar surface area (TPSA) is 26.0 Å². The van der Waals surface area contributed by atoms with Gasteiger partial charge >= 0.3 is 0 Å². The molecular formula is C8H11NO. The van der Waals surface area contributed by atoms with Crippen molar-refractivity contribution in [3.8, 4) is 0 Å². The summed E-state index contributed by atoms with van der Waals surface area (Å²) >= 11 is 0. The molecule has 1 aromatic heterocycles. The van der Waals surface area contributed by atoms with E-state index < -0.39 is 0 Å². The Morgan fingerprint density at radius 3 is 2.70 bits per heavy atom. The number of oxazole rings is 1. The Hall–Kier alpha value is -1.05. The van der Waals surface area contributed by atoms with Crippen LogP contribution in [0.1, 0.15) is 31.4 Å². The van der Waals surface area contributed by atoms with Crippen LogP contribution in [0.15, 0.2) is 17.2 Å². The van der Waals surface area contributed by atoms with Crippen LogP contribution in [0.4, 0.5) is 0 Å². The van der Waals surface area contributed by atoms with Crippen LogP contribution in [0.2, 0.25) is 0 Å². The summed E-state index contributed by atoms with van der Waals surface area (Å²) in [6, 6.07) is 0. The first-order valence-electron chi connectivity index (χ1n) is 3.32. The van der Waals surface area contributed by atoms with Crippen LogP contribution in [-0.2, 0) is 0 Å². The standard InChI is InChI=1S/C8H11NO/c1-4-7-5-9-8(10-7)6(2)3/h4-6H,1H2,2-3H3. The van der Waals surface area contributed by atoms with Crippen LogP contribution >= 0.6 is 0 Å². The molecule has 0 fully saturated rings. The molecule has 0 N–H and O–H groups in total. The second-order valence-electron chi connectivity index (χ2n) is 2.46. The highest BCUT2D eigenvalue weighted by Gasteiger charge is 2.04. The lowest BCUT2D eigenvalue weighted by molar-refractivity contribution is 0.464. The predicted octanol–water partition coefficient (Wildman–Crippen LogP) is 2.44. The highest BCUT2D eigenvalue weighted by Crippen LogP contribution is 2.13. The van der Waals surface area contributed by atoms with Crippen molar-refractivity contribution in [1.82, 2.24) is 4.98 Å². The second-order valence-corrected chi connectivity index (χ2v) is 2.46. The molecule has 0 aliphatic rings. The van der Waals surface area contributed by atoms with E-state index in [0.717, 1.165) is 11.7 Å². The summed E-state index contributed by atoms with van der Waals surface area (Å²) in [5.41, 5.74) is 0. The largest absolute Gasteiger partial charge is 0.441 e. The molecule has 0 saturated carbocycles. The zero-order valence-corrected chi connectivity index (χ0v) is 6.29. The van der Waals surface area contributed by atoms with E-state index in [9.17, 15) is 0 Å². The first-order chi connectivity index (χ1) is 4.74. The maximum Gasteiger partial charge on any atom is 0.197 e. The van der Waals surface area contributed by atoms with Gasteiger partial charge in [0.2, 0.25) is 0 Å². The van der Waals surface area contributed by atoms with Crippen molar-refractivity contribution < 1.29 is 4.42 Å². The quantitative estimate of drug-likeness (QED) is 0.625. The Morgan fingerprint density at radius 2 is 2.40 bits per heavy atom. The first kappa shape index (κ1) is 7.06. The van der Waals surface area contributed by atoms with Crippen molar-refractivity contribution >= 4 is 6.08 Å². The molecule has 1 rings (SSSR count). The van der Waals surface area contributed by atoms with Crippen molar-refractivity contribution in [2.24, 2.45) is 0 Å². The average molecular weight is 137 g/mol.